The molecule has 1 atom stereocenters. The average Bonchev–Trinajstić information content (AvgIpc) is 3.47. The SMILES string of the molecule is CN(C(=O)NCc1cccc(F)c1Cl)[C@@H](CCCNC(=O)NCCOP(=O)(O)O)COC(=O)Nc1cc(-c2ccccc2)co1. The normalized spacial score (nSPS) is 11.8. The van der Waals surface area contributed by atoms with Crippen LogP contribution in [0.5, 0.6) is 0 Å². The zero-order valence-electron chi connectivity index (χ0n) is 24.2. The number of anilines is 1. The summed E-state index contributed by atoms with van der Waals surface area (Å²) in [6.07, 6.45) is 1.32. The van der Waals surface area contributed by atoms with Crippen LogP contribution in [0.1, 0.15) is 18.4 Å². The van der Waals surface area contributed by atoms with Gasteiger partial charge in [-0.25, -0.2) is 23.3 Å². The molecule has 0 unspecified atom stereocenters. The molecule has 2 aromatic carbocycles. The number of halogens is 2. The molecule has 17 heteroatoms. The molecule has 5 amide bonds. The van der Waals surface area contributed by atoms with E-state index >= 15 is 0 Å². The Balaban J connectivity index is 1.53. The van der Waals surface area contributed by atoms with Crippen molar-refractivity contribution in [2.24, 2.45) is 0 Å². The standard InChI is InChI=1S/C28H34ClFN5O9P/c1-35(27(37)33-16-20-9-5-11-23(30)25(20)29)22(10-6-12-31-26(36)32-13-14-44-45(39,40)41)18-43-28(38)34-24-15-21(17-42-24)19-7-3-2-4-8-19/h2-5,7-9,11,15,17,22H,6,10,12-14,16,18H2,1H3,(H,33,37)(H,34,38)(H2,31,32,36)(H2,39,40,41)/t22-/m0/s1. The van der Waals surface area contributed by atoms with E-state index < -0.39 is 37.8 Å². The minimum Gasteiger partial charge on any atom is -0.448 e. The molecule has 0 radical (unpaired) electrons. The summed E-state index contributed by atoms with van der Waals surface area (Å²) >= 11 is 5.98. The van der Waals surface area contributed by atoms with Crippen molar-refractivity contribution in [2.75, 3.05) is 38.7 Å². The van der Waals surface area contributed by atoms with Crippen molar-refractivity contribution in [1.29, 1.82) is 0 Å². The zero-order chi connectivity index (χ0) is 32.8. The van der Waals surface area contributed by atoms with E-state index in [9.17, 15) is 23.3 Å². The number of hydrogen-bond donors (Lipinski definition) is 6. The fourth-order valence-corrected chi connectivity index (χ4v) is 4.48. The minimum absolute atomic E-state index is 0.0521. The van der Waals surface area contributed by atoms with Gasteiger partial charge in [0, 0.05) is 38.3 Å². The van der Waals surface area contributed by atoms with E-state index in [1.54, 1.807) is 12.1 Å². The molecular weight excluding hydrogens is 636 g/mol. The molecule has 0 saturated carbocycles. The van der Waals surface area contributed by atoms with Gasteiger partial charge in [0.1, 0.15) is 18.7 Å². The van der Waals surface area contributed by atoms with E-state index in [2.05, 4.69) is 25.8 Å². The second kappa shape index (κ2) is 17.4. The van der Waals surface area contributed by atoms with Crippen LogP contribution < -0.4 is 21.3 Å². The monoisotopic (exact) mass is 669 g/mol. The fourth-order valence-electron chi connectivity index (χ4n) is 3.96. The number of urea groups is 2. The lowest BCUT2D eigenvalue weighted by Crippen LogP contribution is -2.46. The number of hydrogen-bond acceptors (Lipinski definition) is 7. The van der Waals surface area contributed by atoms with Crippen LogP contribution in [0.15, 0.2) is 65.3 Å². The Morgan fingerprint density at radius 2 is 1.78 bits per heavy atom. The van der Waals surface area contributed by atoms with Crippen molar-refractivity contribution in [3.8, 4) is 11.1 Å². The maximum atomic E-state index is 13.8. The van der Waals surface area contributed by atoms with E-state index in [4.69, 9.17) is 30.5 Å². The molecule has 0 aliphatic carbocycles. The van der Waals surface area contributed by atoms with Crippen LogP contribution >= 0.6 is 19.4 Å². The highest BCUT2D eigenvalue weighted by Gasteiger charge is 2.22. The number of likely N-dealkylation sites (N-methyl/N-ethyl adjacent to an activating group) is 1. The molecule has 244 valence electrons. The van der Waals surface area contributed by atoms with E-state index in [-0.39, 0.29) is 43.8 Å². The first-order valence-electron chi connectivity index (χ1n) is 13.7. The van der Waals surface area contributed by atoms with Crippen LogP contribution in [0.3, 0.4) is 0 Å². The first kappa shape index (κ1) is 35.3. The van der Waals surface area contributed by atoms with E-state index in [0.717, 1.165) is 11.1 Å². The van der Waals surface area contributed by atoms with E-state index in [1.807, 2.05) is 30.3 Å². The van der Waals surface area contributed by atoms with Gasteiger partial charge in [0.25, 0.3) is 0 Å². The Morgan fingerprint density at radius 3 is 2.51 bits per heavy atom. The highest BCUT2D eigenvalue weighted by atomic mass is 35.5. The molecule has 1 aromatic heterocycles. The minimum atomic E-state index is -4.63. The second-order valence-electron chi connectivity index (χ2n) is 9.57. The number of nitrogens with zero attached hydrogens (tertiary/aromatic N) is 1. The van der Waals surface area contributed by atoms with Gasteiger partial charge in [0.05, 0.1) is 17.7 Å². The summed E-state index contributed by atoms with van der Waals surface area (Å²) in [6, 6.07) is 13.5. The smallest absolute Gasteiger partial charge is 0.448 e. The molecule has 14 nitrogen and oxygen atoms in total. The van der Waals surface area contributed by atoms with Crippen molar-refractivity contribution in [1.82, 2.24) is 20.9 Å². The Kier molecular flexibility index (Phi) is 13.6. The Morgan fingerprint density at radius 1 is 1.04 bits per heavy atom. The number of ether oxygens (including phenoxy) is 1. The largest absolute Gasteiger partial charge is 0.469 e. The zero-order valence-corrected chi connectivity index (χ0v) is 25.9. The van der Waals surface area contributed by atoms with Gasteiger partial charge in [-0.3, -0.25) is 9.84 Å². The Hall–Kier alpha value is -4.14. The van der Waals surface area contributed by atoms with Crippen LogP contribution in [-0.4, -0.2) is 72.2 Å². The number of phosphoric acid groups is 1. The van der Waals surface area contributed by atoms with Crippen LogP contribution in [0.2, 0.25) is 5.02 Å². The second-order valence-corrected chi connectivity index (χ2v) is 11.2. The first-order valence-corrected chi connectivity index (χ1v) is 15.6. The molecule has 0 spiro atoms. The summed E-state index contributed by atoms with van der Waals surface area (Å²) < 4.78 is 39.5. The number of rotatable bonds is 15. The number of amides is 5. The lowest BCUT2D eigenvalue weighted by molar-refractivity contribution is 0.113. The molecule has 0 aliphatic rings. The van der Waals surface area contributed by atoms with Gasteiger partial charge in [-0.2, -0.15) is 0 Å². The van der Waals surface area contributed by atoms with Crippen LogP contribution in [-0.2, 0) is 20.4 Å². The molecule has 3 aromatic rings. The summed E-state index contributed by atoms with van der Waals surface area (Å²) in [5, 5.41) is 10.0. The molecule has 1 heterocycles. The average molecular weight is 670 g/mol. The number of furan rings is 1. The molecule has 0 fully saturated rings. The van der Waals surface area contributed by atoms with Gasteiger partial charge in [-0.05, 0) is 30.0 Å². The fraction of sp³-hybridized carbons (Fsp3) is 0.321. The van der Waals surface area contributed by atoms with Crippen molar-refractivity contribution in [3.05, 3.63) is 77.3 Å². The predicted molar refractivity (Wildman–Crippen MR) is 163 cm³/mol. The van der Waals surface area contributed by atoms with Crippen molar-refractivity contribution in [3.63, 3.8) is 0 Å². The van der Waals surface area contributed by atoms with Crippen LogP contribution in [0, 0.1) is 5.82 Å². The highest BCUT2D eigenvalue weighted by Crippen LogP contribution is 2.35. The predicted octanol–water partition coefficient (Wildman–Crippen LogP) is 4.69. The number of carbonyl (C=O) groups is 3. The highest BCUT2D eigenvalue weighted by molar-refractivity contribution is 7.46. The summed E-state index contributed by atoms with van der Waals surface area (Å²) in [7, 11) is -3.14. The van der Waals surface area contributed by atoms with Gasteiger partial charge in [0.15, 0.2) is 0 Å². The third kappa shape index (κ3) is 12.4. The Labute approximate surface area is 263 Å². The van der Waals surface area contributed by atoms with Gasteiger partial charge in [-0.1, -0.05) is 54.1 Å². The van der Waals surface area contributed by atoms with Gasteiger partial charge in [-0.15, -0.1) is 0 Å². The third-order valence-electron chi connectivity index (χ3n) is 6.32. The quantitative estimate of drug-likeness (QED) is 0.0984. The van der Waals surface area contributed by atoms with Gasteiger partial charge < -0.3 is 39.8 Å². The number of carbonyl (C=O) groups excluding carboxylic acids is 3. The summed E-state index contributed by atoms with van der Waals surface area (Å²) in [5.74, 6) is -0.456. The summed E-state index contributed by atoms with van der Waals surface area (Å²) in [4.78, 5) is 56.1. The lowest BCUT2D eigenvalue weighted by Gasteiger charge is -2.28. The summed E-state index contributed by atoms with van der Waals surface area (Å²) in [5.41, 5.74) is 2.02. The van der Waals surface area contributed by atoms with E-state index in [1.165, 1.54) is 30.3 Å². The topological polar surface area (TPSA) is 192 Å². The molecule has 0 aliphatic heterocycles. The maximum Gasteiger partial charge on any atom is 0.469 e. The lowest BCUT2D eigenvalue weighted by atomic mass is 10.1. The Bertz CT molecular complexity index is 1470. The third-order valence-corrected chi connectivity index (χ3v) is 7.26. The summed E-state index contributed by atoms with van der Waals surface area (Å²) in [6.45, 7) is -0.621. The number of benzene rings is 2. The van der Waals surface area contributed by atoms with Gasteiger partial charge >= 0.3 is 26.0 Å². The molecule has 6 N–H and O–H groups in total. The molecule has 0 bridgehead atoms. The van der Waals surface area contributed by atoms with Gasteiger partial charge in [0.2, 0.25) is 5.88 Å². The van der Waals surface area contributed by atoms with E-state index in [0.29, 0.717) is 18.4 Å². The molecule has 0 saturated heterocycles. The molecule has 3 rings (SSSR count). The molecule has 45 heavy (non-hydrogen) atoms. The van der Waals surface area contributed by atoms with Crippen molar-refractivity contribution < 1.29 is 46.8 Å². The van der Waals surface area contributed by atoms with Crippen LogP contribution in [0.25, 0.3) is 11.1 Å². The molecular formula is C28H34ClFN5O9P. The first-order chi connectivity index (χ1) is 21.4. The van der Waals surface area contributed by atoms with Crippen LogP contribution in [0.4, 0.5) is 24.7 Å². The van der Waals surface area contributed by atoms with Crippen molar-refractivity contribution >= 4 is 43.5 Å². The van der Waals surface area contributed by atoms with Crippen molar-refractivity contribution in [2.45, 2.75) is 25.4 Å². The number of nitrogens with one attached hydrogen (secondary N) is 4. The maximum absolute atomic E-state index is 13.8. The number of phosphoric ester groups is 1.